The molecule has 1 nitrogen and oxygen atoms in total. The molecule has 0 aromatic rings. The van der Waals surface area contributed by atoms with Crippen LogP contribution in [-0.2, 0) is 0 Å². The smallest absolute Gasteiger partial charge is 0.00489 e. The van der Waals surface area contributed by atoms with E-state index in [1.54, 1.807) is 0 Å². The molecule has 1 N–H and O–H groups in total. The summed E-state index contributed by atoms with van der Waals surface area (Å²) in [5.74, 6) is 3.82. The van der Waals surface area contributed by atoms with Crippen molar-refractivity contribution in [2.45, 2.75) is 32.1 Å². The Balaban J connectivity index is 0.000000117. The van der Waals surface area contributed by atoms with E-state index in [0.29, 0.717) is 0 Å². The van der Waals surface area contributed by atoms with Gasteiger partial charge in [0, 0.05) is 0 Å². The molecule has 88 valence electrons. The van der Waals surface area contributed by atoms with Gasteiger partial charge in [-0.1, -0.05) is 30.7 Å². The molecule has 1 saturated carbocycles. The zero-order valence-electron chi connectivity index (χ0n) is 10.1. The molecule has 0 spiro atoms. The highest BCUT2D eigenvalue weighted by Gasteiger charge is 2.44. The summed E-state index contributed by atoms with van der Waals surface area (Å²) >= 11 is 0. The predicted molar refractivity (Wildman–Crippen MR) is 68.2 cm³/mol. The van der Waals surface area contributed by atoms with E-state index in [9.17, 15) is 0 Å². The number of fused-ring (bicyclic) bond motifs is 5. The summed E-state index contributed by atoms with van der Waals surface area (Å²) in [7, 11) is 0. The van der Waals surface area contributed by atoms with Gasteiger partial charge < -0.3 is 5.32 Å². The van der Waals surface area contributed by atoms with Crippen LogP contribution in [0.25, 0.3) is 0 Å². The SMILES string of the molecule is C1=CC2C3C=CC(C3)C2C1.C1CCNCC1. The predicted octanol–water partition coefficient (Wildman–Crippen LogP) is 3.14. The normalized spacial score (nSPS) is 43.0. The Morgan fingerprint density at radius 2 is 1.69 bits per heavy atom. The van der Waals surface area contributed by atoms with Gasteiger partial charge in [-0.2, -0.15) is 0 Å². The first kappa shape index (κ1) is 10.6. The minimum Gasteiger partial charge on any atom is -0.317 e. The molecule has 1 saturated heterocycles. The molecule has 1 heteroatoms. The molecule has 1 aliphatic heterocycles. The fourth-order valence-corrected chi connectivity index (χ4v) is 3.77. The van der Waals surface area contributed by atoms with E-state index in [4.69, 9.17) is 0 Å². The van der Waals surface area contributed by atoms with E-state index < -0.39 is 0 Å². The summed E-state index contributed by atoms with van der Waals surface area (Å²) in [6, 6.07) is 0. The van der Waals surface area contributed by atoms with Crippen LogP contribution >= 0.6 is 0 Å². The van der Waals surface area contributed by atoms with Crippen LogP contribution in [0.15, 0.2) is 24.3 Å². The second-order valence-corrected chi connectivity index (χ2v) is 5.66. The van der Waals surface area contributed by atoms with Gasteiger partial charge in [-0.15, -0.1) is 0 Å². The van der Waals surface area contributed by atoms with E-state index in [0.717, 1.165) is 23.7 Å². The van der Waals surface area contributed by atoms with Crippen LogP contribution in [0, 0.1) is 23.7 Å². The lowest BCUT2D eigenvalue weighted by molar-refractivity contribution is 0.398. The molecule has 4 unspecified atom stereocenters. The summed E-state index contributed by atoms with van der Waals surface area (Å²) < 4.78 is 0. The highest BCUT2D eigenvalue weighted by atomic mass is 14.9. The minimum atomic E-state index is 0.925. The maximum absolute atomic E-state index is 3.28. The van der Waals surface area contributed by atoms with Gasteiger partial charge in [-0.3, -0.25) is 0 Å². The number of allylic oxidation sites excluding steroid dienone is 4. The quantitative estimate of drug-likeness (QED) is 0.615. The van der Waals surface area contributed by atoms with E-state index in [1.165, 1.54) is 45.2 Å². The van der Waals surface area contributed by atoms with Crippen LogP contribution in [0.1, 0.15) is 32.1 Å². The van der Waals surface area contributed by atoms with E-state index >= 15 is 0 Å². The van der Waals surface area contributed by atoms with E-state index in [-0.39, 0.29) is 0 Å². The molecule has 0 aromatic heterocycles. The maximum atomic E-state index is 3.28. The van der Waals surface area contributed by atoms with Crippen LogP contribution in [-0.4, -0.2) is 13.1 Å². The third-order valence-corrected chi connectivity index (χ3v) is 4.66. The van der Waals surface area contributed by atoms with Crippen LogP contribution in [0.3, 0.4) is 0 Å². The van der Waals surface area contributed by atoms with Crippen molar-refractivity contribution in [1.29, 1.82) is 0 Å². The molecule has 16 heavy (non-hydrogen) atoms. The minimum absolute atomic E-state index is 0.925. The molecular weight excluding hydrogens is 194 g/mol. The van der Waals surface area contributed by atoms with Gasteiger partial charge in [0.25, 0.3) is 0 Å². The lowest BCUT2D eigenvalue weighted by atomic mass is 9.86. The average Bonchev–Trinajstić information content (AvgIpc) is 3.06. The standard InChI is InChI=1S/C10H12.C5H11N/c1-2-9-7-4-5-8(6-7)10(9)3-1;1-2-4-6-5-3-1/h1-2,4-5,7-10H,3,6H2;6H,1-5H2. The molecule has 4 aliphatic rings. The Bertz CT molecular complexity index is 276. The van der Waals surface area contributed by atoms with Gasteiger partial charge in [0.2, 0.25) is 0 Å². The lowest BCUT2D eigenvalue weighted by Crippen LogP contribution is -2.21. The Hall–Kier alpha value is -0.560. The fourth-order valence-electron chi connectivity index (χ4n) is 3.77. The topological polar surface area (TPSA) is 12.0 Å². The Kier molecular flexibility index (Phi) is 3.14. The van der Waals surface area contributed by atoms with Crippen molar-refractivity contribution in [3.05, 3.63) is 24.3 Å². The highest BCUT2D eigenvalue weighted by Crippen LogP contribution is 2.52. The van der Waals surface area contributed by atoms with Crippen molar-refractivity contribution in [1.82, 2.24) is 5.32 Å². The van der Waals surface area contributed by atoms with Crippen LogP contribution in [0.4, 0.5) is 0 Å². The number of piperidine rings is 1. The molecule has 2 bridgehead atoms. The molecular formula is C15H23N. The van der Waals surface area contributed by atoms with E-state index in [2.05, 4.69) is 29.6 Å². The number of nitrogens with one attached hydrogen (secondary N) is 1. The zero-order chi connectivity index (χ0) is 10.8. The first-order valence-electron chi connectivity index (χ1n) is 7.01. The van der Waals surface area contributed by atoms with Crippen molar-refractivity contribution in [3.63, 3.8) is 0 Å². The van der Waals surface area contributed by atoms with Gasteiger partial charge in [-0.25, -0.2) is 0 Å². The third kappa shape index (κ3) is 1.98. The second-order valence-electron chi connectivity index (χ2n) is 5.66. The summed E-state index contributed by atoms with van der Waals surface area (Å²) in [6.07, 6.45) is 16.7. The van der Waals surface area contributed by atoms with Gasteiger partial charge in [0.15, 0.2) is 0 Å². The number of rotatable bonds is 0. The maximum Gasteiger partial charge on any atom is -0.00489 e. The summed E-state index contributed by atoms with van der Waals surface area (Å²) in [5, 5.41) is 3.28. The van der Waals surface area contributed by atoms with Crippen molar-refractivity contribution in [2.24, 2.45) is 23.7 Å². The molecule has 0 radical (unpaired) electrons. The first-order valence-corrected chi connectivity index (χ1v) is 7.01. The Labute approximate surface area is 99.0 Å². The Morgan fingerprint density at radius 1 is 0.875 bits per heavy atom. The van der Waals surface area contributed by atoms with E-state index in [1.807, 2.05) is 0 Å². The van der Waals surface area contributed by atoms with Crippen molar-refractivity contribution < 1.29 is 0 Å². The molecule has 0 amide bonds. The first-order chi connectivity index (χ1) is 7.95. The molecule has 4 atom stereocenters. The zero-order valence-corrected chi connectivity index (χ0v) is 10.1. The molecule has 3 aliphatic carbocycles. The molecule has 0 aromatic carbocycles. The monoisotopic (exact) mass is 217 g/mol. The molecule has 4 rings (SSSR count). The van der Waals surface area contributed by atoms with Crippen molar-refractivity contribution in [3.8, 4) is 0 Å². The number of hydrogen-bond acceptors (Lipinski definition) is 1. The summed E-state index contributed by atoms with van der Waals surface area (Å²) in [6.45, 7) is 2.50. The Morgan fingerprint density at radius 3 is 2.31 bits per heavy atom. The average molecular weight is 217 g/mol. The summed E-state index contributed by atoms with van der Waals surface area (Å²) in [5.41, 5.74) is 0. The molecule has 1 heterocycles. The number of hydrogen-bond donors (Lipinski definition) is 1. The highest BCUT2D eigenvalue weighted by molar-refractivity contribution is 5.21. The van der Waals surface area contributed by atoms with Crippen LogP contribution in [0.5, 0.6) is 0 Å². The van der Waals surface area contributed by atoms with Gasteiger partial charge in [0.05, 0.1) is 0 Å². The lowest BCUT2D eigenvalue weighted by Gasteiger charge is -2.18. The molecule has 2 fully saturated rings. The van der Waals surface area contributed by atoms with Crippen molar-refractivity contribution in [2.75, 3.05) is 13.1 Å². The van der Waals surface area contributed by atoms with Crippen LogP contribution in [0.2, 0.25) is 0 Å². The van der Waals surface area contributed by atoms with Gasteiger partial charge in [0.1, 0.15) is 0 Å². The second kappa shape index (κ2) is 4.75. The van der Waals surface area contributed by atoms with Crippen LogP contribution < -0.4 is 5.32 Å². The third-order valence-electron chi connectivity index (χ3n) is 4.66. The van der Waals surface area contributed by atoms with Gasteiger partial charge in [-0.05, 0) is 62.4 Å². The summed E-state index contributed by atoms with van der Waals surface area (Å²) in [4.78, 5) is 0. The largest absolute Gasteiger partial charge is 0.317 e. The van der Waals surface area contributed by atoms with Crippen molar-refractivity contribution >= 4 is 0 Å². The fraction of sp³-hybridized carbons (Fsp3) is 0.733. The van der Waals surface area contributed by atoms with Gasteiger partial charge >= 0.3 is 0 Å².